The number of rotatable bonds is 10. The van der Waals surface area contributed by atoms with Gasteiger partial charge in [0.1, 0.15) is 5.76 Å². The minimum atomic E-state index is -0.915. The lowest BCUT2D eigenvalue weighted by Gasteiger charge is -2.24. The molecule has 42 heavy (non-hydrogen) atoms. The molecule has 1 aliphatic heterocycles. The van der Waals surface area contributed by atoms with Gasteiger partial charge >= 0.3 is 5.91 Å². The smallest absolute Gasteiger partial charge is 0.301 e. The number of anilines is 1. The van der Waals surface area contributed by atoms with E-state index in [4.69, 9.17) is 14.5 Å². The summed E-state index contributed by atoms with van der Waals surface area (Å²) < 4.78 is 12.9. The second-order valence-electron chi connectivity index (χ2n) is 10.7. The summed E-state index contributed by atoms with van der Waals surface area (Å²) >= 11 is 1.35. The highest BCUT2D eigenvalue weighted by atomic mass is 32.1. The van der Waals surface area contributed by atoms with Gasteiger partial charge in [-0.05, 0) is 69.0 Å². The molecule has 1 amide bonds. The Kier molecular flexibility index (Phi) is 8.64. The molecule has 1 aliphatic rings. The standard InChI is InChI=1S/C34H36N2O5S/c1-6-8-9-16-41-25-15-14-24(19-26(25)40-7-2)30-28(31(37)23-12-10-20(3)11-13-23)32(38)33(39)36(30)34-35-29-22(5)17-21(4)18-27(29)42-34/h10-15,17-19,30,37H,6-9,16H2,1-5H3. The Balaban J connectivity index is 1.68. The average Bonchev–Trinajstić information content (AvgIpc) is 3.50. The van der Waals surface area contributed by atoms with Crippen LogP contribution in [0.25, 0.3) is 16.0 Å². The van der Waals surface area contributed by atoms with E-state index in [0.29, 0.717) is 41.0 Å². The number of aliphatic hydroxyl groups is 1. The van der Waals surface area contributed by atoms with Crippen LogP contribution >= 0.6 is 11.3 Å². The van der Waals surface area contributed by atoms with E-state index in [1.807, 2.05) is 64.1 Å². The number of hydrogen-bond acceptors (Lipinski definition) is 7. The van der Waals surface area contributed by atoms with Crippen LogP contribution < -0.4 is 14.4 Å². The third kappa shape index (κ3) is 5.63. The zero-order valence-electron chi connectivity index (χ0n) is 24.7. The number of Topliss-reactive ketones (excluding diaryl/α,β-unsaturated/α-hetero) is 1. The molecule has 0 saturated carbocycles. The molecule has 1 aromatic heterocycles. The predicted molar refractivity (Wildman–Crippen MR) is 168 cm³/mol. The molecule has 3 aromatic carbocycles. The van der Waals surface area contributed by atoms with Gasteiger partial charge < -0.3 is 14.6 Å². The van der Waals surface area contributed by atoms with Gasteiger partial charge in [-0.2, -0.15) is 0 Å². The Hall–Kier alpha value is -4.17. The van der Waals surface area contributed by atoms with Gasteiger partial charge in [0.25, 0.3) is 5.78 Å². The predicted octanol–water partition coefficient (Wildman–Crippen LogP) is 7.82. The zero-order chi connectivity index (χ0) is 30.0. The Morgan fingerprint density at radius 2 is 1.69 bits per heavy atom. The van der Waals surface area contributed by atoms with Gasteiger partial charge in [0, 0.05) is 5.56 Å². The summed E-state index contributed by atoms with van der Waals surface area (Å²) in [7, 11) is 0. The Morgan fingerprint density at radius 1 is 0.929 bits per heavy atom. The number of benzene rings is 3. The molecule has 0 spiro atoms. The van der Waals surface area contributed by atoms with E-state index in [9.17, 15) is 14.7 Å². The van der Waals surface area contributed by atoms with Crippen LogP contribution in [-0.2, 0) is 9.59 Å². The van der Waals surface area contributed by atoms with Crippen LogP contribution in [0.1, 0.15) is 67.0 Å². The molecule has 5 rings (SSSR count). The molecule has 1 saturated heterocycles. The molecule has 2 heterocycles. The summed E-state index contributed by atoms with van der Waals surface area (Å²) in [6.45, 7) is 10.9. The van der Waals surface area contributed by atoms with E-state index in [2.05, 4.69) is 6.92 Å². The number of aromatic nitrogens is 1. The topological polar surface area (TPSA) is 89.0 Å². The van der Waals surface area contributed by atoms with Crippen LogP contribution in [0.15, 0.2) is 60.2 Å². The summed E-state index contributed by atoms with van der Waals surface area (Å²) in [6, 6.07) is 15.8. The Morgan fingerprint density at radius 3 is 2.40 bits per heavy atom. The van der Waals surface area contributed by atoms with Crippen molar-refractivity contribution in [3.63, 3.8) is 0 Å². The second-order valence-corrected chi connectivity index (χ2v) is 11.7. The number of hydrogen-bond donors (Lipinski definition) is 1. The van der Waals surface area contributed by atoms with Gasteiger partial charge in [-0.1, -0.05) is 73.1 Å². The van der Waals surface area contributed by atoms with Crippen molar-refractivity contribution in [2.45, 2.75) is 59.9 Å². The van der Waals surface area contributed by atoms with Crippen LogP contribution in [-0.4, -0.2) is 35.0 Å². The lowest BCUT2D eigenvalue weighted by Crippen LogP contribution is -2.29. The maximum atomic E-state index is 13.7. The Bertz CT molecular complexity index is 1670. The van der Waals surface area contributed by atoms with Crippen LogP contribution in [0, 0.1) is 20.8 Å². The lowest BCUT2D eigenvalue weighted by atomic mass is 9.95. The molecule has 7 nitrogen and oxygen atoms in total. The number of fused-ring (bicyclic) bond motifs is 1. The molecular formula is C34H36N2O5S. The van der Waals surface area contributed by atoms with Crippen molar-refractivity contribution in [3.8, 4) is 11.5 Å². The molecule has 1 atom stereocenters. The largest absolute Gasteiger partial charge is 0.507 e. The van der Waals surface area contributed by atoms with Gasteiger partial charge in [0.05, 0.1) is 35.0 Å². The fraction of sp³-hybridized carbons (Fsp3) is 0.324. The van der Waals surface area contributed by atoms with Crippen LogP contribution in [0.5, 0.6) is 11.5 Å². The summed E-state index contributed by atoms with van der Waals surface area (Å²) in [4.78, 5) is 33.7. The van der Waals surface area contributed by atoms with Gasteiger partial charge in [-0.3, -0.25) is 14.5 Å². The number of aliphatic hydroxyl groups excluding tert-OH is 1. The minimum Gasteiger partial charge on any atom is -0.507 e. The molecule has 8 heteroatoms. The zero-order valence-corrected chi connectivity index (χ0v) is 25.5. The first kappa shape index (κ1) is 29.3. The monoisotopic (exact) mass is 584 g/mol. The van der Waals surface area contributed by atoms with E-state index in [-0.39, 0.29) is 11.3 Å². The SMILES string of the molecule is CCCCCOc1ccc(C2C(=C(O)c3ccc(C)cc3)C(=O)C(=O)N2c2nc3c(C)cc(C)cc3s2)cc1OCC. The second kappa shape index (κ2) is 12.4. The van der Waals surface area contributed by atoms with Crippen LogP contribution in [0.3, 0.4) is 0 Å². The number of aryl methyl sites for hydroxylation is 3. The van der Waals surface area contributed by atoms with Crippen molar-refractivity contribution in [1.29, 1.82) is 0 Å². The van der Waals surface area contributed by atoms with Gasteiger partial charge in [0.15, 0.2) is 16.6 Å². The van der Waals surface area contributed by atoms with E-state index >= 15 is 0 Å². The number of ether oxygens (including phenoxy) is 2. The van der Waals surface area contributed by atoms with Gasteiger partial charge in [-0.15, -0.1) is 0 Å². The summed E-state index contributed by atoms with van der Waals surface area (Å²) in [5, 5.41) is 11.9. The van der Waals surface area contributed by atoms with E-state index in [1.54, 1.807) is 18.2 Å². The third-order valence-corrected chi connectivity index (χ3v) is 8.38. The maximum Gasteiger partial charge on any atom is 0.301 e. The Labute approximate surface area is 250 Å². The van der Waals surface area contributed by atoms with Crippen molar-refractivity contribution in [2.24, 2.45) is 0 Å². The number of carbonyl (C=O) groups excluding carboxylic acids is 2. The molecule has 1 unspecified atom stereocenters. The number of thiazole rings is 1. The molecule has 1 fully saturated rings. The quantitative estimate of drug-likeness (QED) is 0.0885. The third-order valence-electron chi connectivity index (χ3n) is 7.38. The van der Waals surface area contributed by atoms with Gasteiger partial charge in [0.2, 0.25) is 0 Å². The minimum absolute atomic E-state index is 0.00933. The normalized spacial score (nSPS) is 16.4. The number of amides is 1. The van der Waals surface area contributed by atoms with E-state index in [1.165, 1.54) is 16.2 Å². The summed E-state index contributed by atoms with van der Waals surface area (Å²) in [6.07, 6.45) is 3.08. The first-order valence-corrected chi connectivity index (χ1v) is 15.2. The number of ketones is 1. The van der Waals surface area contributed by atoms with Crippen molar-refractivity contribution in [2.75, 3.05) is 18.1 Å². The van der Waals surface area contributed by atoms with Crippen LogP contribution in [0.4, 0.5) is 5.13 Å². The molecule has 218 valence electrons. The first-order valence-electron chi connectivity index (χ1n) is 14.4. The fourth-order valence-corrected chi connectivity index (χ4v) is 6.46. The first-order chi connectivity index (χ1) is 20.2. The highest BCUT2D eigenvalue weighted by Crippen LogP contribution is 2.46. The van der Waals surface area contributed by atoms with E-state index < -0.39 is 17.7 Å². The maximum absolute atomic E-state index is 13.7. The molecule has 4 aromatic rings. The molecule has 0 aliphatic carbocycles. The lowest BCUT2D eigenvalue weighted by molar-refractivity contribution is -0.132. The molecule has 0 radical (unpaired) electrons. The van der Waals surface area contributed by atoms with Crippen molar-refractivity contribution in [1.82, 2.24) is 4.98 Å². The average molecular weight is 585 g/mol. The molecular weight excluding hydrogens is 548 g/mol. The van der Waals surface area contributed by atoms with E-state index in [0.717, 1.165) is 46.2 Å². The molecule has 1 N–H and O–H groups in total. The van der Waals surface area contributed by atoms with Crippen molar-refractivity contribution >= 4 is 44.1 Å². The number of unbranched alkanes of at least 4 members (excludes halogenated alkanes) is 2. The molecule has 0 bridgehead atoms. The van der Waals surface area contributed by atoms with Crippen molar-refractivity contribution in [3.05, 3.63) is 88.0 Å². The summed E-state index contributed by atoms with van der Waals surface area (Å²) in [5.41, 5.74) is 4.95. The number of carbonyl (C=O) groups is 2. The van der Waals surface area contributed by atoms with Crippen LogP contribution in [0.2, 0.25) is 0 Å². The number of nitrogens with zero attached hydrogens (tertiary/aromatic N) is 2. The van der Waals surface area contributed by atoms with Crippen molar-refractivity contribution < 1.29 is 24.2 Å². The van der Waals surface area contributed by atoms with Gasteiger partial charge in [-0.25, -0.2) is 4.98 Å². The highest BCUT2D eigenvalue weighted by molar-refractivity contribution is 7.22. The summed E-state index contributed by atoms with van der Waals surface area (Å²) in [5.74, 6) is -0.615. The highest BCUT2D eigenvalue weighted by Gasteiger charge is 2.48. The fourth-order valence-electron chi connectivity index (χ4n) is 5.29.